The van der Waals surface area contributed by atoms with Crippen LogP contribution in [0.15, 0.2) is 29.2 Å². The summed E-state index contributed by atoms with van der Waals surface area (Å²) in [4.78, 5) is 0.962. The summed E-state index contributed by atoms with van der Waals surface area (Å²) in [6, 6.07) is 6.25. The lowest BCUT2D eigenvalue weighted by Crippen LogP contribution is -1.71. The summed E-state index contributed by atoms with van der Waals surface area (Å²) in [7, 11) is 1.70. The van der Waals surface area contributed by atoms with Crippen molar-refractivity contribution in [2.75, 3.05) is 7.05 Å². The predicted octanol–water partition coefficient (Wildman–Crippen LogP) is 2.84. The number of halogens is 1. The Labute approximate surface area is 63.8 Å². The van der Waals surface area contributed by atoms with E-state index >= 15 is 0 Å². The SMILES string of the molecule is C[N-]Sc1ccc(F)cc1. The van der Waals surface area contributed by atoms with Crippen molar-refractivity contribution < 1.29 is 4.39 Å². The molecule has 1 aromatic rings. The zero-order valence-electron chi connectivity index (χ0n) is 5.54. The summed E-state index contributed by atoms with van der Waals surface area (Å²) in [5.41, 5.74) is 0. The molecule has 0 heterocycles. The number of rotatable bonds is 2. The molecule has 1 rings (SSSR count). The third-order valence-electron chi connectivity index (χ3n) is 1.01. The van der Waals surface area contributed by atoms with Gasteiger partial charge in [0.1, 0.15) is 5.82 Å². The van der Waals surface area contributed by atoms with Crippen LogP contribution in [-0.4, -0.2) is 7.05 Å². The molecule has 0 aromatic heterocycles. The average Bonchev–Trinajstić information content (AvgIpc) is 1.95. The van der Waals surface area contributed by atoms with Gasteiger partial charge in [-0.2, -0.15) is 7.05 Å². The van der Waals surface area contributed by atoms with E-state index in [9.17, 15) is 4.39 Å². The van der Waals surface area contributed by atoms with Crippen LogP contribution in [0.4, 0.5) is 4.39 Å². The molecule has 0 aliphatic rings. The Bertz CT molecular complexity index is 197. The quantitative estimate of drug-likeness (QED) is 0.600. The van der Waals surface area contributed by atoms with Gasteiger partial charge in [0.05, 0.1) is 0 Å². The first-order valence-corrected chi connectivity index (χ1v) is 3.62. The number of hydrogen-bond acceptors (Lipinski definition) is 1. The minimum absolute atomic E-state index is 0.208. The van der Waals surface area contributed by atoms with Gasteiger partial charge in [-0.25, -0.2) is 4.39 Å². The predicted molar refractivity (Wildman–Crippen MR) is 41.5 cm³/mol. The molecule has 0 aliphatic carbocycles. The van der Waals surface area contributed by atoms with Crippen LogP contribution in [0.3, 0.4) is 0 Å². The van der Waals surface area contributed by atoms with Crippen LogP contribution in [0.2, 0.25) is 0 Å². The molecule has 1 nitrogen and oxygen atoms in total. The standard InChI is InChI=1S/C7H7FNS/c1-9-10-7-4-2-6(8)3-5-7/h2-5H,1H3/q-1. The minimum atomic E-state index is -0.208. The van der Waals surface area contributed by atoms with Gasteiger partial charge in [-0.15, -0.1) is 0 Å². The molecule has 3 heteroatoms. The fourth-order valence-corrected chi connectivity index (χ4v) is 1.07. The van der Waals surface area contributed by atoms with Crippen molar-refractivity contribution >= 4 is 11.9 Å². The van der Waals surface area contributed by atoms with E-state index in [-0.39, 0.29) is 5.82 Å². The van der Waals surface area contributed by atoms with Crippen molar-refractivity contribution in [3.63, 3.8) is 0 Å². The molecule has 0 aliphatic heterocycles. The third kappa shape index (κ3) is 2.01. The summed E-state index contributed by atoms with van der Waals surface area (Å²) in [6.45, 7) is 0. The molecule has 0 unspecified atom stereocenters. The average molecular weight is 156 g/mol. The summed E-state index contributed by atoms with van der Waals surface area (Å²) in [6.07, 6.45) is 0. The zero-order chi connectivity index (χ0) is 7.40. The highest BCUT2D eigenvalue weighted by atomic mass is 32.2. The van der Waals surface area contributed by atoms with Crippen LogP contribution < -0.4 is 0 Å². The zero-order valence-corrected chi connectivity index (χ0v) is 6.36. The van der Waals surface area contributed by atoms with Crippen LogP contribution in [0.1, 0.15) is 0 Å². The summed E-state index contributed by atoms with van der Waals surface area (Å²) >= 11 is 1.34. The summed E-state index contributed by atoms with van der Waals surface area (Å²) in [5.74, 6) is -0.208. The fraction of sp³-hybridized carbons (Fsp3) is 0.143. The van der Waals surface area contributed by atoms with Crippen LogP contribution in [-0.2, 0) is 0 Å². The van der Waals surface area contributed by atoms with E-state index in [1.165, 1.54) is 24.1 Å². The Kier molecular flexibility index (Phi) is 2.71. The molecule has 0 spiro atoms. The third-order valence-corrected chi connectivity index (χ3v) is 1.68. The topological polar surface area (TPSA) is 14.1 Å². The van der Waals surface area contributed by atoms with Gasteiger partial charge in [-0.3, -0.25) is 11.9 Å². The second kappa shape index (κ2) is 3.58. The van der Waals surface area contributed by atoms with E-state index in [1.54, 1.807) is 19.2 Å². The highest BCUT2D eigenvalue weighted by Crippen LogP contribution is 2.21. The molecule has 1 aromatic carbocycles. The summed E-state index contributed by atoms with van der Waals surface area (Å²) in [5, 5.41) is 0. The van der Waals surface area contributed by atoms with Crippen LogP contribution in [0.25, 0.3) is 4.72 Å². The van der Waals surface area contributed by atoms with E-state index in [4.69, 9.17) is 0 Å². The molecule has 0 radical (unpaired) electrons. The Morgan fingerprint density at radius 1 is 1.30 bits per heavy atom. The molecule has 0 saturated heterocycles. The van der Waals surface area contributed by atoms with Gasteiger partial charge >= 0.3 is 0 Å². The highest BCUT2D eigenvalue weighted by molar-refractivity contribution is 8.01. The second-order valence-electron chi connectivity index (χ2n) is 1.73. The molecule has 54 valence electrons. The van der Waals surface area contributed by atoms with Crippen LogP contribution in [0.5, 0.6) is 0 Å². The van der Waals surface area contributed by atoms with Gasteiger partial charge in [0.15, 0.2) is 0 Å². The van der Waals surface area contributed by atoms with Crippen molar-refractivity contribution in [1.82, 2.24) is 0 Å². The molecule has 0 bridgehead atoms. The van der Waals surface area contributed by atoms with Gasteiger partial charge in [0, 0.05) is 0 Å². The van der Waals surface area contributed by atoms with E-state index in [1.807, 2.05) is 0 Å². The van der Waals surface area contributed by atoms with Gasteiger partial charge in [0.25, 0.3) is 0 Å². The van der Waals surface area contributed by atoms with Crippen molar-refractivity contribution in [3.8, 4) is 0 Å². The highest BCUT2D eigenvalue weighted by Gasteiger charge is 1.86. The van der Waals surface area contributed by atoms with Gasteiger partial charge in [-0.05, 0) is 29.2 Å². The lowest BCUT2D eigenvalue weighted by Gasteiger charge is -2.10. The van der Waals surface area contributed by atoms with E-state index in [0.717, 1.165) is 4.90 Å². The van der Waals surface area contributed by atoms with Crippen molar-refractivity contribution in [3.05, 3.63) is 34.8 Å². The van der Waals surface area contributed by atoms with Crippen LogP contribution in [0, 0.1) is 5.82 Å². The first kappa shape index (κ1) is 7.57. The van der Waals surface area contributed by atoms with Crippen molar-refractivity contribution in [1.29, 1.82) is 0 Å². The summed E-state index contributed by atoms with van der Waals surface area (Å²) < 4.78 is 16.1. The fourth-order valence-electron chi connectivity index (χ4n) is 0.601. The maximum absolute atomic E-state index is 12.3. The second-order valence-corrected chi connectivity index (χ2v) is 2.75. The van der Waals surface area contributed by atoms with E-state index in [2.05, 4.69) is 4.72 Å². The molecule has 0 N–H and O–H groups in total. The number of benzene rings is 1. The Morgan fingerprint density at radius 3 is 2.40 bits per heavy atom. The van der Waals surface area contributed by atoms with Crippen molar-refractivity contribution in [2.24, 2.45) is 0 Å². The van der Waals surface area contributed by atoms with Gasteiger partial charge < -0.3 is 4.72 Å². The minimum Gasteiger partial charge on any atom is -0.605 e. The molecule has 0 amide bonds. The number of nitrogens with zero attached hydrogens (tertiary/aromatic N) is 1. The van der Waals surface area contributed by atoms with E-state index in [0.29, 0.717) is 0 Å². The molecule has 10 heavy (non-hydrogen) atoms. The van der Waals surface area contributed by atoms with Crippen molar-refractivity contribution in [2.45, 2.75) is 4.90 Å². The molecular formula is C7H7FNS-. The smallest absolute Gasteiger partial charge is 0.123 e. The van der Waals surface area contributed by atoms with E-state index < -0.39 is 0 Å². The van der Waals surface area contributed by atoms with Gasteiger partial charge in [-0.1, -0.05) is 0 Å². The maximum Gasteiger partial charge on any atom is 0.123 e. The largest absolute Gasteiger partial charge is 0.605 e. The molecule has 0 fully saturated rings. The normalized spacial score (nSPS) is 9.80. The lowest BCUT2D eigenvalue weighted by molar-refractivity contribution is 0.626. The molecular weight excluding hydrogens is 149 g/mol. The lowest BCUT2D eigenvalue weighted by atomic mass is 10.4. The molecule has 0 atom stereocenters. The first-order valence-electron chi connectivity index (χ1n) is 2.84. The molecule has 0 saturated carbocycles. The van der Waals surface area contributed by atoms with Crippen LogP contribution >= 0.6 is 11.9 Å². The Morgan fingerprint density at radius 2 is 1.90 bits per heavy atom. The Balaban J connectivity index is 2.69. The monoisotopic (exact) mass is 156 g/mol. The maximum atomic E-state index is 12.3. The van der Waals surface area contributed by atoms with Gasteiger partial charge in [0.2, 0.25) is 0 Å². The first-order chi connectivity index (χ1) is 4.83. The Hall–Kier alpha value is -0.540. The number of hydrogen-bond donors (Lipinski definition) is 0.